The first kappa shape index (κ1) is 12.3. The summed E-state index contributed by atoms with van der Waals surface area (Å²) in [6, 6.07) is 2.64. The summed E-state index contributed by atoms with van der Waals surface area (Å²) in [7, 11) is 1.42. The largest absolute Gasteiger partial charge is 0.507 e. The van der Waals surface area contributed by atoms with Gasteiger partial charge >= 0.3 is 5.97 Å². The number of phenolic OH excluding ortho intramolecular Hbond substituents is 1. The lowest BCUT2D eigenvalue weighted by molar-refractivity contribution is -0.141. The summed E-state index contributed by atoms with van der Waals surface area (Å²) in [6.07, 6.45) is -1.47. The molecule has 1 rings (SSSR count). The average Bonchev–Trinajstić information content (AvgIpc) is 2.26. The molecule has 0 spiro atoms. The summed E-state index contributed by atoms with van der Waals surface area (Å²) in [4.78, 5) is 10.6. The van der Waals surface area contributed by atoms with Gasteiger partial charge in [0.2, 0.25) is 0 Å². The van der Waals surface area contributed by atoms with E-state index in [0.29, 0.717) is 5.75 Å². The van der Waals surface area contributed by atoms with E-state index in [0.717, 1.165) is 0 Å². The van der Waals surface area contributed by atoms with Crippen molar-refractivity contribution in [1.82, 2.24) is 0 Å². The first-order valence-electron chi connectivity index (χ1n) is 4.50. The molecule has 1 aromatic carbocycles. The van der Waals surface area contributed by atoms with Crippen LogP contribution in [-0.2, 0) is 4.79 Å². The highest BCUT2D eigenvalue weighted by Gasteiger charge is 2.25. The Hall–Kier alpha value is -1.79. The maximum atomic E-state index is 10.6. The third-order valence-electron chi connectivity index (χ3n) is 2.18. The molecule has 0 bridgehead atoms. The van der Waals surface area contributed by atoms with Gasteiger partial charge in [-0.25, -0.2) is 0 Å². The van der Waals surface area contributed by atoms with E-state index in [1.807, 2.05) is 0 Å². The van der Waals surface area contributed by atoms with E-state index >= 15 is 0 Å². The molecule has 0 heterocycles. The molecule has 0 saturated carbocycles. The van der Waals surface area contributed by atoms with Gasteiger partial charge in [0, 0.05) is 11.6 Å². The van der Waals surface area contributed by atoms with Crippen LogP contribution in [0.4, 0.5) is 0 Å². The highest BCUT2D eigenvalue weighted by Crippen LogP contribution is 2.29. The Morgan fingerprint density at radius 3 is 2.56 bits per heavy atom. The zero-order valence-electron chi connectivity index (χ0n) is 8.62. The molecule has 0 fully saturated rings. The second-order valence-corrected chi connectivity index (χ2v) is 3.23. The lowest BCUT2D eigenvalue weighted by Crippen LogP contribution is -2.36. The van der Waals surface area contributed by atoms with Crippen LogP contribution in [-0.4, -0.2) is 34.4 Å². The van der Waals surface area contributed by atoms with E-state index in [2.05, 4.69) is 0 Å². The van der Waals surface area contributed by atoms with E-state index in [1.165, 1.54) is 25.3 Å². The van der Waals surface area contributed by atoms with Crippen LogP contribution < -0.4 is 10.5 Å². The van der Waals surface area contributed by atoms with Crippen molar-refractivity contribution in [1.29, 1.82) is 0 Å². The Balaban J connectivity index is 3.00. The van der Waals surface area contributed by atoms with Gasteiger partial charge in [0.15, 0.2) is 0 Å². The van der Waals surface area contributed by atoms with Crippen LogP contribution in [0.25, 0.3) is 0 Å². The third kappa shape index (κ3) is 2.41. The minimum Gasteiger partial charge on any atom is -0.507 e. The van der Waals surface area contributed by atoms with Gasteiger partial charge in [-0.2, -0.15) is 0 Å². The Morgan fingerprint density at radius 2 is 2.12 bits per heavy atom. The number of aliphatic carboxylic acids is 1. The van der Waals surface area contributed by atoms with Gasteiger partial charge < -0.3 is 25.8 Å². The van der Waals surface area contributed by atoms with Gasteiger partial charge in [-0.15, -0.1) is 0 Å². The predicted octanol–water partition coefficient (Wildman–Crippen LogP) is -0.154. The number of benzene rings is 1. The van der Waals surface area contributed by atoms with Crippen molar-refractivity contribution in [2.75, 3.05) is 7.11 Å². The third-order valence-corrected chi connectivity index (χ3v) is 2.18. The molecule has 5 N–H and O–H groups in total. The summed E-state index contributed by atoms with van der Waals surface area (Å²) in [5.41, 5.74) is 5.29. The van der Waals surface area contributed by atoms with Gasteiger partial charge in [0.25, 0.3) is 0 Å². The zero-order chi connectivity index (χ0) is 12.3. The first-order chi connectivity index (χ1) is 7.47. The van der Waals surface area contributed by atoms with Crippen LogP contribution in [0, 0.1) is 0 Å². The van der Waals surface area contributed by atoms with Crippen LogP contribution >= 0.6 is 0 Å². The number of carboxylic acid groups (broad SMARTS) is 1. The molecule has 0 amide bonds. The number of aromatic hydroxyl groups is 1. The van der Waals surface area contributed by atoms with Crippen molar-refractivity contribution in [2.24, 2.45) is 5.73 Å². The number of carbonyl (C=O) groups is 1. The highest BCUT2D eigenvalue weighted by molar-refractivity contribution is 5.74. The summed E-state index contributed by atoms with van der Waals surface area (Å²) in [6.45, 7) is 0. The average molecular weight is 227 g/mol. The second kappa shape index (κ2) is 4.82. The smallest absolute Gasteiger partial charge is 0.323 e. The predicted molar refractivity (Wildman–Crippen MR) is 55.2 cm³/mol. The number of hydrogen-bond donors (Lipinski definition) is 4. The Labute approximate surface area is 91.9 Å². The van der Waals surface area contributed by atoms with Gasteiger partial charge in [-0.05, 0) is 12.1 Å². The molecule has 2 atom stereocenters. The SMILES string of the molecule is COc1ccc(C(O)C(N)C(=O)O)c(O)c1. The Morgan fingerprint density at radius 1 is 1.50 bits per heavy atom. The topological polar surface area (TPSA) is 113 Å². The number of phenols is 1. The molecule has 2 unspecified atom stereocenters. The molecule has 0 aliphatic heterocycles. The Kier molecular flexibility index (Phi) is 3.70. The fourth-order valence-corrected chi connectivity index (χ4v) is 1.23. The molecule has 16 heavy (non-hydrogen) atoms. The maximum Gasteiger partial charge on any atom is 0.323 e. The minimum absolute atomic E-state index is 0.0516. The number of hydrogen-bond acceptors (Lipinski definition) is 5. The maximum absolute atomic E-state index is 10.6. The summed E-state index contributed by atoms with van der Waals surface area (Å²) >= 11 is 0. The number of rotatable bonds is 4. The molecule has 88 valence electrons. The molecule has 1 aromatic rings. The molecule has 0 aliphatic carbocycles. The zero-order valence-corrected chi connectivity index (χ0v) is 8.62. The van der Waals surface area contributed by atoms with Crippen molar-refractivity contribution in [2.45, 2.75) is 12.1 Å². The normalized spacial score (nSPS) is 14.2. The monoisotopic (exact) mass is 227 g/mol. The number of aliphatic hydroxyl groups is 1. The van der Waals surface area contributed by atoms with E-state index in [4.69, 9.17) is 15.6 Å². The summed E-state index contributed by atoms with van der Waals surface area (Å²) in [5.74, 6) is -1.20. The highest BCUT2D eigenvalue weighted by atomic mass is 16.5. The van der Waals surface area contributed by atoms with Crippen molar-refractivity contribution >= 4 is 5.97 Å². The number of nitrogens with two attached hydrogens (primary N) is 1. The lowest BCUT2D eigenvalue weighted by Gasteiger charge is -2.16. The van der Waals surface area contributed by atoms with Crippen LogP contribution in [0.1, 0.15) is 11.7 Å². The van der Waals surface area contributed by atoms with E-state index in [1.54, 1.807) is 0 Å². The number of aliphatic hydroxyl groups excluding tert-OH is 1. The van der Waals surface area contributed by atoms with E-state index in [-0.39, 0.29) is 11.3 Å². The Bertz CT molecular complexity index is 393. The second-order valence-electron chi connectivity index (χ2n) is 3.23. The van der Waals surface area contributed by atoms with Crippen molar-refractivity contribution in [3.63, 3.8) is 0 Å². The molecule has 0 radical (unpaired) electrons. The molecule has 0 aliphatic rings. The molecule has 6 heteroatoms. The quantitative estimate of drug-likeness (QED) is 0.568. The van der Waals surface area contributed by atoms with Gasteiger partial charge in [-0.3, -0.25) is 4.79 Å². The van der Waals surface area contributed by atoms with Crippen molar-refractivity contribution in [3.05, 3.63) is 23.8 Å². The number of methoxy groups -OCH3 is 1. The van der Waals surface area contributed by atoms with Crippen molar-refractivity contribution < 1.29 is 24.9 Å². The standard InChI is InChI=1S/C10H13NO5/c1-16-5-2-3-6(7(12)4-5)9(13)8(11)10(14)15/h2-4,8-9,12-13H,11H2,1H3,(H,14,15). The molecule has 0 saturated heterocycles. The molecule has 6 nitrogen and oxygen atoms in total. The molecule has 0 aromatic heterocycles. The van der Waals surface area contributed by atoms with Gasteiger partial charge in [0.1, 0.15) is 23.6 Å². The van der Waals surface area contributed by atoms with Crippen LogP contribution in [0.15, 0.2) is 18.2 Å². The molecular formula is C10H13NO5. The van der Waals surface area contributed by atoms with Gasteiger partial charge in [-0.1, -0.05) is 0 Å². The van der Waals surface area contributed by atoms with Crippen LogP contribution in [0.5, 0.6) is 11.5 Å². The number of carboxylic acids is 1. The van der Waals surface area contributed by atoms with E-state index < -0.39 is 18.1 Å². The van der Waals surface area contributed by atoms with Crippen molar-refractivity contribution in [3.8, 4) is 11.5 Å². The summed E-state index contributed by atoms with van der Waals surface area (Å²) in [5, 5.41) is 27.7. The van der Waals surface area contributed by atoms with Crippen LogP contribution in [0.3, 0.4) is 0 Å². The fraction of sp³-hybridized carbons (Fsp3) is 0.300. The number of ether oxygens (including phenoxy) is 1. The first-order valence-corrected chi connectivity index (χ1v) is 4.50. The minimum atomic E-state index is -1.49. The summed E-state index contributed by atoms with van der Waals surface area (Å²) < 4.78 is 4.85. The lowest BCUT2D eigenvalue weighted by atomic mass is 10.0. The molecular weight excluding hydrogens is 214 g/mol. The van der Waals surface area contributed by atoms with Gasteiger partial charge in [0.05, 0.1) is 7.11 Å². The van der Waals surface area contributed by atoms with E-state index in [9.17, 15) is 15.0 Å². The van der Waals surface area contributed by atoms with Crippen LogP contribution in [0.2, 0.25) is 0 Å². The fourth-order valence-electron chi connectivity index (χ4n) is 1.23.